The maximum atomic E-state index is 13.9. The molecular formula is C26H36F3N5O4. The Balaban J connectivity index is 1.97. The summed E-state index contributed by atoms with van der Waals surface area (Å²) in [7, 11) is 1.47. The summed E-state index contributed by atoms with van der Waals surface area (Å²) >= 11 is 0. The largest absolute Gasteiger partial charge is 0.463 e. The lowest BCUT2D eigenvalue weighted by atomic mass is 9.90. The molecule has 1 aromatic carbocycles. The highest BCUT2D eigenvalue weighted by Gasteiger charge is 2.42. The van der Waals surface area contributed by atoms with Crippen LogP contribution in [0.5, 0.6) is 0 Å². The van der Waals surface area contributed by atoms with E-state index in [1.54, 1.807) is 11.8 Å². The summed E-state index contributed by atoms with van der Waals surface area (Å²) in [6.45, 7) is 9.41. The van der Waals surface area contributed by atoms with Gasteiger partial charge in [-0.15, -0.1) is 0 Å². The number of urea groups is 2. The summed E-state index contributed by atoms with van der Waals surface area (Å²) in [6.07, 6.45) is -4.04. The van der Waals surface area contributed by atoms with Crippen molar-refractivity contribution in [2.24, 2.45) is 0 Å². The van der Waals surface area contributed by atoms with Gasteiger partial charge in [-0.2, -0.15) is 13.2 Å². The monoisotopic (exact) mass is 539 g/mol. The average molecular weight is 540 g/mol. The summed E-state index contributed by atoms with van der Waals surface area (Å²) in [5, 5.41) is 5.50. The second-order valence-corrected chi connectivity index (χ2v) is 10.4. The van der Waals surface area contributed by atoms with Crippen LogP contribution in [0.15, 0.2) is 35.5 Å². The van der Waals surface area contributed by atoms with Gasteiger partial charge < -0.3 is 20.3 Å². The SMILES string of the molecule is CCOC(=O)C1=C(CN2CCCN(C(=O)NC(C)(C)C)CC2)N(C)C(=O)NC1c1ccccc1C(F)(F)F. The summed E-state index contributed by atoms with van der Waals surface area (Å²) in [4.78, 5) is 43.7. The smallest absolute Gasteiger partial charge is 0.416 e. The summed E-state index contributed by atoms with van der Waals surface area (Å²) in [5.74, 6) is -0.794. The number of nitrogens with zero attached hydrogens (tertiary/aromatic N) is 3. The number of alkyl halides is 3. The summed E-state index contributed by atoms with van der Waals surface area (Å²) in [6, 6.07) is 2.73. The van der Waals surface area contributed by atoms with Crippen molar-refractivity contribution in [3.05, 3.63) is 46.7 Å². The third-order valence-corrected chi connectivity index (χ3v) is 6.38. The van der Waals surface area contributed by atoms with Crippen LogP contribution in [-0.2, 0) is 15.7 Å². The first kappa shape index (κ1) is 29.3. The Labute approximate surface area is 221 Å². The number of benzene rings is 1. The van der Waals surface area contributed by atoms with E-state index in [0.29, 0.717) is 32.6 Å². The van der Waals surface area contributed by atoms with Gasteiger partial charge in [-0.3, -0.25) is 9.80 Å². The predicted molar refractivity (Wildman–Crippen MR) is 135 cm³/mol. The number of hydrogen-bond donors (Lipinski definition) is 2. The van der Waals surface area contributed by atoms with E-state index in [9.17, 15) is 27.6 Å². The minimum Gasteiger partial charge on any atom is -0.463 e. The van der Waals surface area contributed by atoms with Gasteiger partial charge in [0, 0.05) is 51.0 Å². The van der Waals surface area contributed by atoms with Gasteiger partial charge in [0.1, 0.15) is 0 Å². The molecule has 3 rings (SSSR count). The van der Waals surface area contributed by atoms with Crippen LogP contribution in [0.4, 0.5) is 22.8 Å². The number of halogens is 3. The Morgan fingerprint density at radius 2 is 1.79 bits per heavy atom. The number of ether oxygens (including phenoxy) is 1. The molecule has 2 aliphatic rings. The van der Waals surface area contributed by atoms with Gasteiger partial charge in [0.2, 0.25) is 0 Å². The van der Waals surface area contributed by atoms with Crippen molar-refractivity contribution in [3.63, 3.8) is 0 Å². The Morgan fingerprint density at radius 1 is 1.11 bits per heavy atom. The minimum atomic E-state index is -4.69. The molecule has 1 aromatic rings. The highest BCUT2D eigenvalue weighted by atomic mass is 19.4. The third-order valence-electron chi connectivity index (χ3n) is 6.38. The van der Waals surface area contributed by atoms with Crippen LogP contribution < -0.4 is 10.6 Å². The molecule has 1 saturated heterocycles. The van der Waals surface area contributed by atoms with Crippen LogP contribution in [0.1, 0.15) is 51.3 Å². The number of nitrogens with one attached hydrogen (secondary N) is 2. The summed E-state index contributed by atoms with van der Waals surface area (Å²) in [5.41, 5.74) is -1.34. The number of rotatable bonds is 5. The standard InChI is InChI=1S/C26H36F3N5O4/c1-6-38-22(35)20-19(16-33-12-9-13-34(15-14-33)24(37)31-25(2,3)4)32(5)23(36)30-21(20)17-10-7-8-11-18(17)26(27,28)29/h7-8,10-11,21H,6,9,12-16H2,1-5H3,(H,30,36)(H,31,37). The molecule has 1 unspecified atom stereocenters. The molecule has 210 valence electrons. The minimum absolute atomic E-state index is 0.0163. The van der Waals surface area contributed by atoms with Gasteiger partial charge in [-0.25, -0.2) is 14.4 Å². The van der Waals surface area contributed by atoms with Crippen LogP contribution >= 0.6 is 0 Å². The molecular weight excluding hydrogens is 503 g/mol. The molecule has 0 spiro atoms. The zero-order valence-electron chi connectivity index (χ0n) is 22.4. The van der Waals surface area contributed by atoms with Crippen molar-refractivity contribution in [3.8, 4) is 0 Å². The van der Waals surface area contributed by atoms with E-state index in [1.165, 1.54) is 30.1 Å². The number of amides is 4. The maximum absolute atomic E-state index is 13.9. The number of carbonyl (C=O) groups is 3. The van der Waals surface area contributed by atoms with Crippen molar-refractivity contribution < 1.29 is 32.3 Å². The zero-order chi connectivity index (χ0) is 28.3. The van der Waals surface area contributed by atoms with E-state index in [-0.39, 0.29) is 41.6 Å². The first-order valence-electron chi connectivity index (χ1n) is 12.6. The van der Waals surface area contributed by atoms with E-state index >= 15 is 0 Å². The molecule has 9 nitrogen and oxygen atoms in total. The number of hydrogen-bond acceptors (Lipinski definition) is 5. The van der Waals surface area contributed by atoms with Gasteiger partial charge in [0.15, 0.2) is 0 Å². The number of esters is 1. The van der Waals surface area contributed by atoms with Crippen molar-refractivity contribution in [2.75, 3.05) is 46.4 Å². The molecule has 2 N–H and O–H groups in total. The van der Waals surface area contributed by atoms with Crippen LogP contribution in [0.2, 0.25) is 0 Å². The fourth-order valence-corrected chi connectivity index (χ4v) is 4.58. The van der Waals surface area contributed by atoms with Crippen molar-refractivity contribution in [2.45, 2.75) is 51.9 Å². The Bertz CT molecular complexity index is 1080. The zero-order valence-corrected chi connectivity index (χ0v) is 22.4. The van der Waals surface area contributed by atoms with Crippen LogP contribution in [-0.4, -0.2) is 84.6 Å². The normalized spacial score (nSPS) is 19.7. The van der Waals surface area contributed by atoms with Gasteiger partial charge in [0.05, 0.1) is 23.8 Å². The molecule has 0 aromatic heterocycles. The fraction of sp³-hybridized carbons (Fsp3) is 0.577. The molecule has 0 bridgehead atoms. The van der Waals surface area contributed by atoms with Gasteiger partial charge >= 0.3 is 24.2 Å². The van der Waals surface area contributed by atoms with Crippen molar-refractivity contribution in [1.82, 2.24) is 25.3 Å². The van der Waals surface area contributed by atoms with E-state index < -0.39 is 29.8 Å². The number of carbonyl (C=O) groups excluding carboxylic acids is 3. The molecule has 0 saturated carbocycles. The Kier molecular flexibility index (Phi) is 8.96. The molecule has 12 heteroatoms. The fourth-order valence-electron chi connectivity index (χ4n) is 4.58. The Morgan fingerprint density at radius 3 is 2.42 bits per heavy atom. The second-order valence-electron chi connectivity index (χ2n) is 10.4. The molecule has 4 amide bonds. The van der Waals surface area contributed by atoms with E-state index in [0.717, 1.165) is 6.07 Å². The molecule has 1 atom stereocenters. The quantitative estimate of drug-likeness (QED) is 0.557. The molecule has 2 aliphatic heterocycles. The average Bonchev–Trinajstić information content (AvgIpc) is 3.06. The first-order chi connectivity index (χ1) is 17.7. The summed E-state index contributed by atoms with van der Waals surface area (Å²) < 4.78 is 46.9. The van der Waals surface area contributed by atoms with Crippen molar-refractivity contribution >= 4 is 18.0 Å². The second kappa shape index (κ2) is 11.6. The lowest BCUT2D eigenvalue weighted by Crippen LogP contribution is -2.50. The molecule has 0 aliphatic carbocycles. The van der Waals surface area contributed by atoms with E-state index in [4.69, 9.17) is 4.74 Å². The molecule has 1 fully saturated rings. The van der Waals surface area contributed by atoms with Gasteiger partial charge in [0.25, 0.3) is 0 Å². The number of likely N-dealkylation sites (N-methyl/N-ethyl adjacent to an activating group) is 1. The topological polar surface area (TPSA) is 94.2 Å². The maximum Gasteiger partial charge on any atom is 0.416 e. The highest BCUT2D eigenvalue weighted by molar-refractivity contribution is 5.95. The van der Waals surface area contributed by atoms with Crippen LogP contribution in [0.3, 0.4) is 0 Å². The Hall–Kier alpha value is -3.28. The third kappa shape index (κ3) is 6.97. The molecule has 38 heavy (non-hydrogen) atoms. The van der Waals surface area contributed by atoms with E-state index in [1.807, 2.05) is 25.7 Å². The van der Waals surface area contributed by atoms with Crippen LogP contribution in [0, 0.1) is 0 Å². The van der Waals surface area contributed by atoms with Crippen LogP contribution in [0.25, 0.3) is 0 Å². The molecule has 0 radical (unpaired) electrons. The predicted octanol–water partition coefficient (Wildman–Crippen LogP) is 3.73. The lowest BCUT2D eigenvalue weighted by Gasteiger charge is -2.37. The first-order valence-corrected chi connectivity index (χ1v) is 12.6. The van der Waals surface area contributed by atoms with E-state index in [2.05, 4.69) is 10.6 Å². The van der Waals surface area contributed by atoms with Gasteiger partial charge in [-0.05, 0) is 45.7 Å². The molecule has 2 heterocycles. The van der Waals surface area contributed by atoms with Crippen molar-refractivity contribution in [1.29, 1.82) is 0 Å². The highest BCUT2D eigenvalue weighted by Crippen LogP contribution is 2.39. The van der Waals surface area contributed by atoms with Gasteiger partial charge in [-0.1, -0.05) is 18.2 Å². The lowest BCUT2D eigenvalue weighted by molar-refractivity contribution is -0.141.